The molecule has 1 aromatic carbocycles. The molecule has 0 saturated carbocycles. The van der Waals surface area contributed by atoms with Crippen LogP contribution in [0.3, 0.4) is 0 Å². The highest BCUT2D eigenvalue weighted by Gasteiger charge is 2.24. The number of carboxylic acids is 1. The van der Waals surface area contributed by atoms with Crippen molar-refractivity contribution in [3.05, 3.63) is 30.1 Å². The summed E-state index contributed by atoms with van der Waals surface area (Å²) in [7, 11) is 1.64. The van der Waals surface area contributed by atoms with Gasteiger partial charge in [0.15, 0.2) is 0 Å². The molecule has 0 radical (unpaired) electrons. The summed E-state index contributed by atoms with van der Waals surface area (Å²) in [6, 6.07) is 5.55. The second kappa shape index (κ2) is 6.53. The van der Waals surface area contributed by atoms with Gasteiger partial charge in [-0.3, -0.25) is 14.6 Å². The molecule has 2 amide bonds. The minimum atomic E-state index is -0.863. The van der Waals surface area contributed by atoms with E-state index in [0.717, 1.165) is 0 Å². The van der Waals surface area contributed by atoms with Crippen LogP contribution in [-0.2, 0) is 4.79 Å². The van der Waals surface area contributed by atoms with Crippen molar-refractivity contribution in [1.82, 2.24) is 9.80 Å². The van der Waals surface area contributed by atoms with Crippen LogP contribution in [-0.4, -0.2) is 66.7 Å². The zero-order chi connectivity index (χ0) is 15.4. The predicted octanol–water partition coefficient (Wildman–Crippen LogP) is 1.08. The van der Waals surface area contributed by atoms with Crippen LogP contribution >= 0.6 is 0 Å². The van der Waals surface area contributed by atoms with Gasteiger partial charge in [0.25, 0.3) is 0 Å². The molecule has 114 valence electrons. The first-order valence-electron chi connectivity index (χ1n) is 6.69. The van der Waals surface area contributed by atoms with Crippen molar-refractivity contribution in [3.63, 3.8) is 0 Å². The van der Waals surface area contributed by atoms with Crippen LogP contribution < -0.4 is 4.90 Å². The van der Waals surface area contributed by atoms with Crippen molar-refractivity contribution in [2.75, 3.05) is 44.7 Å². The van der Waals surface area contributed by atoms with Gasteiger partial charge in [-0.05, 0) is 24.3 Å². The average Bonchev–Trinajstić information content (AvgIpc) is 2.47. The van der Waals surface area contributed by atoms with E-state index in [0.29, 0.717) is 31.9 Å². The van der Waals surface area contributed by atoms with Crippen LogP contribution in [0.4, 0.5) is 14.9 Å². The Morgan fingerprint density at radius 3 is 2.29 bits per heavy atom. The van der Waals surface area contributed by atoms with E-state index in [1.807, 2.05) is 0 Å². The highest BCUT2D eigenvalue weighted by Crippen LogP contribution is 2.15. The summed E-state index contributed by atoms with van der Waals surface area (Å²) in [5, 5.41) is 8.74. The lowest BCUT2D eigenvalue weighted by Crippen LogP contribution is -2.53. The summed E-state index contributed by atoms with van der Waals surface area (Å²) in [4.78, 5) is 27.9. The van der Waals surface area contributed by atoms with E-state index in [4.69, 9.17) is 5.11 Å². The number of hydrogen-bond acceptors (Lipinski definition) is 3. The van der Waals surface area contributed by atoms with Crippen LogP contribution in [0, 0.1) is 5.82 Å². The van der Waals surface area contributed by atoms with Crippen molar-refractivity contribution < 1.29 is 19.1 Å². The molecule has 0 aromatic heterocycles. The number of rotatable bonds is 3. The second-order valence-electron chi connectivity index (χ2n) is 4.97. The fraction of sp³-hybridized carbons (Fsp3) is 0.429. The van der Waals surface area contributed by atoms with E-state index in [9.17, 15) is 14.0 Å². The molecule has 1 saturated heterocycles. The fourth-order valence-electron chi connectivity index (χ4n) is 2.28. The first kappa shape index (κ1) is 15.2. The number of amides is 2. The number of urea groups is 1. The number of carboxylic acid groups (broad SMARTS) is 1. The largest absolute Gasteiger partial charge is 0.480 e. The second-order valence-corrected chi connectivity index (χ2v) is 4.97. The number of hydrogen-bond donors (Lipinski definition) is 1. The molecule has 1 fully saturated rings. The number of carbonyl (C=O) groups is 2. The molecule has 7 heteroatoms. The molecule has 6 nitrogen and oxygen atoms in total. The van der Waals surface area contributed by atoms with Gasteiger partial charge in [0.2, 0.25) is 0 Å². The minimum Gasteiger partial charge on any atom is -0.480 e. The molecule has 1 aliphatic heterocycles. The highest BCUT2D eigenvalue weighted by molar-refractivity contribution is 5.91. The van der Waals surface area contributed by atoms with E-state index in [2.05, 4.69) is 0 Å². The number of benzene rings is 1. The standard InChI is InChI=1S/C14H18FN3O3/c1-16(12-4-2-11(15)3-5-12)14(21)18-8-6-17(7-9-18)10-13(19)20/h2-5H,6-10H2,1H3,(H,19,20). The van der Waals surface area contributed by atoms with Crippen molar-refractivity contribution >= 4 is 17.7 Å². The lowest BCUT2D eigenvalue weighted by molar-refractivity contribution is -0.138. The number of nitrogens with zero attached hydrogens (tertiary/aromatic N) is 3. The van der Waals surface area contributed by atoms with Gasteiger partial charge < -0.3 is 10.0 Å². The van der Waals surface area contributed by atoms with Crippen LogP contribution in [0.2, 0.25) is 0 Å². The molecule has 0 spiro atoms. The Bertz CT molecular complexity index is 513. The van der Waals surface area contributed by atoms with Crippen LogP contribution in [0.5, 0.6) is 0 Å². The number of anilines is 1. The van der Waals surface area contributed by atoms with Gasteiger partial charge in [-0.25, -0.2) is 9.18 Å². The molecular formula is C14H18FN3O3. The summed E-state index contributed by atoms with van der Waals surface area (Å²) < 4.78 is 12.9. The lowest BCUT2D eigenvalue weighted by Gasteiger charge is -2.35. The third kappa shape index (κ3) is 3.91. The molecule has 0 bridgehead atoms. The molecule has 1 heterocycles. The lowest BCUT2D eigenvalue weighted by atomic mass is 10.3. The van der Waals surface area contributed by atoms with Crippen molar-refractivity contribution in [2.45, 2.75) is 0 Å². The zero-order valence-corrected chi connectivity index (χ0v) is 11.8. The molecule has 0 atom stereocenters. The third-order valence-corrected chi connectivity index (χ3v) is 3.50. The van der Waals surface area contributed by atoms with Crippen molar-refractivity contribution in [1.29, 1.82) is 0 Å². The van der Waals surface area contributed by atoms with Gasteiger partial charge in [0.1, 0.15) is 5.82 Å². The Kier molecular flexibility index (Phi) is 4.74. The van der Waals surface area contributed by atoms with Gasteiger partial charge in [0, 0.05) is 38.9 Å². The maximum Gasteiger partial charge on any atom is 0.324 e. The molecule has 0 unspecified atom stereocenters. The zero-order valence-electron chi connectivity index (χ0n) is 11.8. The van der Waals surface area contributed by atoms with Gasteiger partial charge in [-0.2, -0.15) is 0 Å². The van der Waals surface area contributed by atoms with Crippen LogP contribution in [0.25, 0.3) is 0 Å². The predicted molar refractivity (Wildman–Crippen MR) is 75.8 cm³/mol. The number of piperazine rings is 1. The summed E-state index contributed by atoms with van der Waals surface area (Å²) in [6.07, 6.45) is 0. The number of halogens is 1. The molecule has 1 N–H and O–H groups in total. The summed E-state index contributed by atoms with van der Waals surface area (Å²) in [6.45, 7) is 2.04. The quantitative estimate of drug-likeness (QED) is 0.906. The van der Waals surface area contributed by atoms with Gasteiger partial charge in [-0.1, -0.05) is 0 Å². The molecule has 2 rings (SSSR count). The molecule has 1 aromatic rings. The molecular weight excluding hydrogens is 277 g/mol. The minimum absolute atomic E-state index is 0.00414. The molecule has 1 aliphatic rings. The monoisotopic (exact) mass is 295 g/mol. The van der Waals surface area contributed by atoms with Gasteiger partial charge in [0.05, 0.1) is 6.54 Å². The van der Waals surface area contributed by atoms with Crippen LogP contribution in [0.1, 0.15) is 0 Å². The maximum absolute atomic E-state index is 12.9. The molecule has 0 aliphatic carbocycles. The fourth-order valence-corrected chi connectivity index (χ4v) is 2.28. The SMILES string of the molecule is CN(C(=O)N1CCN(CC(=O)O)CC1)c1ccc(F)cc1. The van der Waals surface area contributed by atoms with E-state index in [1.165, 1.54) is 17.0 Å². The van der Waals surface area contributed by atoms with E-state index in [-0.39, 0.29) is 18.4 Å². The molecule has 21 heavy (non-hydrogen) atoms. The van der Waals surface area contributed by atoms with E-state index in [1.54, 1.807) is 29.0 Å². The highest BCUT2D eigenvalue weighted by atomic mass is 19.1. The van der Waals surface area contributed by atoms with Gasteiger partial charge in [-0.15, -0.1) is 0 Å². The van der Waals surface area contributed by atoms with Crippen LogP contribution in [0.15, 0.2) is 24.3 Å². The Morgan fingerprint density at radius 1 is 1.19 bits per heavy atom. The van der Waals surface area contributed by atoms with Gasteiger partial charge >= 0.3 is 12.0 Å². The smallest absolute Gasteiger partial charge is 0.324 e. The third-order valence-electron chi connectivity index (χ3n) is 3.50. The maximum atomic E-state index is 12.9. The Hall–Kier alpha value is -2.15. The Balaban J connectivity index is 1.92. The Morgan fingerprint density at radius 2 is 1.76 bits per heavy atom. The summed E-state index contributed by atoms with van der Waals surface area (Å²) >= 11 is 0. The van der Waals surface area contributed by atoms with Crippen molar-refractivity contribution in [3.8, 4) is 0 Å². The summed E-state index contributed by atoms with van der Waals surface area (Å²) in [5.41, 5.74) is 0.620. The Labute approximate surface area is 122 Å². The summed E-state index contributed by atoms with van der Waals surface area (Å²) in [5.74, 6) is -1.21. The topological polar surface area (TPSA) is 64.1 Å². The normalized spacial score (nSPS) is 15.8. The number of carbonyl (C=O) groups excluding carboxylic acids is 1. The van der Waals surface area contributed by atoms with Crippen molar-refractivity contribution in [2.24, 2.45) is 0 Å². The average molecular weight is 295 g/mol. The van der Waals surface area contributed by atoms with E-state index < -0.39 is 5.97 Å². The van der Waals surface area contributed by atoms with E-state index >= 15 is 0 Å². The number of aliphatic carboxylic acids is 1. The first-order valence-corrected chi connectivity index (χ1v) is 6.69. The first-order chi connectivity index (χ1) is 9.97.